The van der Waals surface area contributed by atoms with Crippen LogP contribution in [-0.4, -0.2) is 53.7 Å². The Labute approximate surface area is 171 Å². The average Bonchev–Trinajstić information content (AvgIpc) is 2.74. The fraction of sp³-hybridized carbons (Fsp3) is 0.348. The van der Waals surface area contributed by atoms with Crippen LogP contribution >= 0.6 is 0 Å². The highest BCUT2D eigenvalue weighted by Crippen LogP contribution is 2.19. The van der Waals surface area contributed by atoms with Gasteiger partial charge in [-0.1, -0.05) is 48.5 Å². The topological polar surface area (TPSA) is 69.7 Å². The molecule has 6 nitrogen and oxygen atoms in total. The van der Waals surface area contributed by atoms with Crippen LogP contribution in [0.1, 0.15) is 30.9 Å². The number of carbonyl (C=O) groups excluding carboxylic acids is 3. The zero-order valence-corrected chi connectivity index (χ0v) is 16.8. The van der Waals surface area contributed by atoms with Crippen LogP contribution in [0.5, 0.6) is 0 Å². The number of anilines is 1. The maximum Gasteiger partial charge on any atom is 0.224 e. The third kappa shape index (κ3) is 5.91. The minimum Gasteiger partial charge on any atom is -0.339 e. The summed E-state index contributed by atoms with van der Waals surface area (Å²) in [6.07, 6.45) is 1.05. The lowest BCUT2D eigenvalue weighted by molar-refractivity contribution is -0.138. The molecule has 1 N–H and O–H groups in total. The number of carbonyl (C=O) groups is 3. The number of rotatable bonds is 6. The van der Waals surface area contributed by atoms with Crippen molar-refractivity contribution in [3.8, 4) is 0 Å². The van der Waals surface area contributed by atoms with Gasteiger partial charge in [-0.15, -0.1) is 0 Å². The van der Waals surface area contributed by atoms with Gasteiger partial charge in [0.15, 0.2) is 0 Å². The van der Waals surface area contributed by atoms with Gasteiger partial charge < -0.3 is 15.1 Å². The third-order valence-corrected chi connectivity index (χ3v) is 5.17. The second-order valence-corrected chi connectivity index (χ2v) is 7.25. The van der Waals surface area contributed by atoms with E-state index in [1.807, 2.05) is 42.5 Å². The monoisotopic (exact) mass is 393 g/mol. The fourth-order valence-corrected chi connectivity index (χ4v) is 3.47. The average molecular weight is 393 g/mol. The molecule has 29 heavy (non-hydrogen) atoms. The van der Waals surface area contributed by atoms with Crippen LogP contribution in [0.3, 0.4) is 0 Å². The molecular weight excluding hydrogens is 366 g/mol. The number of piperazine rings is 1. The molecule has 1 heterocycles. The van der Waals surface area contributed by atoms with Crippen LogP contribution in [0.15, 0.2) is 54.6 Å². The molecule has 3 rings (SSSR count). The molecule has 1 fully saturated rings. The molecule has 0 atom stereocenters. The van der Waals surface area contributed by atoms with Crippen LogP contribution in [0.25, 0.3) is 0 Å². The first-order valence-corrected chi connectivity index (χ1v) is 9.98. The van der Waals surface area contributed by atoms with E-state index >= 15 is 0 Å². The van der Waals surface area contributed by atoms with E-state index in [9.17, 15) is 14.4 Å². The summed E-state index contributed by atoms with van der Waals surface area (Å²) in [7, 11) is 0. The summed E-state index contributed by atoms with van der Waals surface area (Å²) in [5.74, 6) is -0.173. The molecular formula is C23H27N3O3. The first-order chi connectivity index (χ1) is 14.0. The number of para-hydroxylation sites is 1. The molecule has 2 aromatic rings. The van der Waals surface area contributed by atoms with Crippen molar-refractivity contribution in [1.29, 1.82) is 0 Å². The SMILES string of the molecule is CC(=O)N1CCN(C(=O)CCC(=O)Nc2ccccc2Cc2ccccc2)CC1. The molecule has 0 aliphatic carbocycles. The van der Waals surface area contributed by atoms with Crippen molar-refractivity contribution in [3.63, 3.8) is 0 Å². The quantitative estimate of drug-likeness (QED) is 0.820. The smallest absolute Gasteiger partial charge is 0.224 e. The van der Waals surface area contributed by atoms with Crippen molar-refractivity contribution >= 4 is 23.4 Å². The zero-order chi connectivity index (χ0) is 20.6. The van der Waals surface area contributed by atoms with Crippen molar-refractivity contribution < 1.29 is 14.4 Å². The second-order valence-electron chi connectivity index (χ2n) is 7.25. The minimum atomic E-state index is -0.166. The summed E-state index contributed by atoms with van der Waals surface area (Å²) in [5.41, 5.74) is 3.00. The van der Waals surface area contributed by atoms with Gasteiger partial charge in [-0.25, -0.2) is 0 Å². The van der Waals surface area contributed by atoms with Crippen molar-refractivity contribution in [3.05, 3.63) is 65.7 Å². The van der Waals surface area contributed by atoms with Crippen molar-refractivity contribution in [2.24, 2.45) is 0 Å². The maximum atomic E-state index is 12.4. The Balaban J connectivity index is 1.50. The van der Waals surface area contributed by atoms with Gasteiger partial charge in [0.25, 0.3) is 0 Å². The van der Waals surface area contributed by atoms with Crippen LogP contribution in [0.2, 0.25) is 0 Å². The molecule has 0 saturated carbocycles. The fourth-order valence-electron chi connectivity index (χ4n) is 3.47. The molecule has 152 valence electrons. The summed E-state index contributed by atoms with van der Waals surface area (Å²) in [4.78, 5) is 39.6. The molecule has 1 aliphatic rings. The molecule has 0 radical (unpaired) electrons. The molecule has 0 unspecified atom stereocenters. The van der Waals surface area contributed by atoms with Crippen LogP contribution < -0.4 is 5.32 Å². The Kier molecular flexibility index (Phi) is 7.00. The van der Waals surface area contributed by atoms with E-state index in [0.29, 0.717) is 26.2 Å². The largest absolute Gasteiger partial charge is 0.339 e. The number of hydrogen-bond acceptors (Lipinski definition) is 3. The predicted octanol–water partition coefficient (Wildman–Crippen LogP) is 2.69. The highest BCUT2D eigenvalue weighted by Gasteiger charge is 2.22. The summed E-state index contributed by atoms with van der Waals surface area (Å²) in [6.45, 7) is 3.71. The van der Waals surface area contributed by atoms with Crippen LogP contribution in [-0.2, 0) is 20.8 Å². The molecule has 0 spiro atoms. The Hall–Kier alpha value is -3.15. The summed E-state index contributed by atoms with van der Waals surface area (Å²) < 4.78 is 0. The van der Waals surface area contributed by atoms with Crippen LogP contribution in [0, 0.1) is 0 Å². The predicted molar refractivity (Wildman–Crippen MR) is 112 cm³/mol. The number of nitrogens with one attached hydrogen (secondary N) is 1. The molecule has 2 aromatic carbocycles. The third-order valence-electron chi connectivity index (χ3n) is 5.17. The van der Waals surface area contributed by atoms with Gasteiger partial charge in [-0.3, -0.25) is 14.4 Å². The standard InChI is InChI=1S/C23H27N3O3/c1-18(27)25-13-15-26(16-14-25)23(29)12-11-22(28)24-21-10-6-5-9-20(21)17-19-7-3-2-4-8-19/h2-10H,11-17H2,1H3,(H,24,28). The first kappa shape index (κ1) is 20.6. The summed E-state index contributed by atoms with van der Waals surface area (Å²) >= 11 is 0. The van der Waals surface area contributed by atoms with Gasteiger partial charge in [0.05, 0.1) is 0 Å². The van der Waals surface area contributed by atoms with Gasteiger partial charge in [0.1, 0.15) is 0 Å². The molecule has 0 aromatic heterocycles. The van der Waals surface area contributed by atoms with Crippen LogP contribution in [0.4, 0.5) is 5.69 Å². The highest BCUT2D eigenvalue weighted by atomic mass is 16.2. The van der Waals surface area contributed by atoms with E-state index in [0.717, 1.165) is 17.7 Å². The van der Waals surface area contributed by atoms with Crippen molar-refractivity contribution in [2.45, 2.75) is 26.2 Å². The van der Waals surface area contributed by atoms with E-state index < -0.39 is 0 Å². The van der Waals surface area contributed by atoms with Gasteiger partial charge in [-0.2, -0.15) is 0 Å². The lowest BCUT2D eigenvalue weighted by atomic mass is 10.0. The van der Waals surface area contributed by atoms with Gasteiger partial charge in [0, 0.05) is 51.6 Å². The Morgan fingerprint density at radius 2 is 1.45 bits per heavy atom. The normalized spacial score (nSPS) is 13.8. The van der Waals surface area contributed by atoms with E-state index in [4.69, 9.17) is 0 Å². The van der Waals surface area contributed by atoms with Gasteiger partial charge >= 0.3 is 0 Å². The first-order valence-electron chi connectivity index (χ1n) is 9.98. The number of benzene rings is 2. The number of nitrogens with zero attached hydrogens (tertiary/aromatic N) is 2. The van der Waals surface area contributed by atoms with Gasteiger partial charge in [-0.05, 0) is 23.6 Å². The van der Waals surface area contributed by atoms with Crippen molar-refractivity contribution in [2.75, 3.05) is 31.5 Å². The lowest BCUT2D eigenvalue weighted by Crippen LogP contribution is -2.50. The number of amides is 3. The number of hydrogen-bond donors (Lipinski definition) is 1. The Morgan fingerprint density at radius 1 is 0.828 bits per heavy atom. The van der Waals surface area contributed by atoms with E-state index in [1.54, 1.807) is 9.80 Å². The summed E-state index contributed by atoms with van der Waals surface area (Å²) in [6, 6.07) is 17.8. The zero-order valence-electron chi connectivity index (χ0n) is 16.8. The van der Waals surface area contributed by atoms with E-state index in [-0.39, 0.29) is 30.6 Å². The molecule has 3 amide bonds. The molecule has 1 aliphatic heterocycles. The Morgan fingerprint density at radius 3 is 2.14 bits per heavy atom. The molecule has 0 bridgehead atoms. The highest BCUT2D eigenvalue weighted by molar-refractivity contribution is 5.94. The lowest BCUT2D eigenvalue weighted by Gasteiger charge is -2.34. The Bertz CT molecular complexity index is 859. The van der Waals surface area contributed by atoms with E-state index in [2.05, 4.69) is 17.4 Å². The summed E-state index contributed by atoms with van der Waals surface area (Å²) in [5, 5.41) is 2.95. The second kappa shape index (κ2) is 9.87. The van der Waals surface area contributed by atoms with Crippen molar-refractivity contribution in [1.82, 2.24) is 9.80 Å². The minimum absolute atomic E-state index is 0.0330. The molecule has 6 heteroatoms. The maximum absolute atomic E-state index is 12.4. The van der Waals surface area contributed by atoms with Gasteiger partial charge in [0.2, 0.25) is 17.7 Å². The molecule has 1 saturated heterocycles. The van der Waals surface area contributed by atoms with E-state index in [1.165, 1.54) is 12.5 Å².